The Morgan fingerprint density at radius 1 is 0.950 bits per heavy atom. The molecular weight excluding hydrogens is 535 g/mol. The summed E-state index contributed by atoms with van der Waals surface area (Å²) >= 11 is 3.60. The summed E-state index contributed by atoms with van der Waals surface area (Å²) in [5, 5.41) is 12.6. The second-order valence-corrected chi connectivity index (χ2v) is 12.3. The average Bonchev–Trinajstić information content (AvgIpc) is 3.23. The number of aromatic hydroxyl groups is 1. The maximum absolute atomic E-state index is 12.9. The molecule has 5 rings (SSSR count). The van der Waals surface area contributed by atoms with Crippen molar-refractivity contribution in [3.8, 4) is 16.9 Å². The van der Waals surface area contributed by atoms with Crippen LogP contribution in [0.15, 0.2) is 118 Å². The third-order valence-corrected chi connectivity index (χ3v) is 8.99. The average molecular weight is 570 g/mol. The Labute approximate surface area is 245 Å². The molecule has 1 aliphatic heterocycles. The molecule has 0 aromatic heterocycles. The lowest BCUT2D eigenvalue weighted by atomic mass is 10.0. The fraction of sp³-hybridized carbons (Fsp3) is 0.242. The third kappa shape index (κ3) is 7.84. The van der Waals surface area contributed by atoms with Crippen LogP contribution >= 0.6 is 23.9 Å². The highest BCUT2D eigenvalue weighted by atomic mass is 32.2. The van der Waals surface area contributed by atoms with E-state index in [4.69, 9.17) is 0 Å². The van der Waals surface area contributed by atoms with Gasteiger partial charge in [-0.25, -0.2) is 4.31 Å². The van der Waals surface area contributed by atoms with E-state index in [9.17, 15) is 9.90 Å². The molecule has 3 aromatic rings. The van der Waals surface area contributed by atoms with Crippen molar-refractivity contribution in [2.75, 3.05) is 26.7 Å². The summed E-state index contributed by atoms with van der Waals surface area (Å²) in [7, 11) is 2.10. The number of phenols is 1. The summed E-state index contributed by atoms with van der Waals surface area (Å²) in [4.78, 5) is 15.4. The molecule has 0 saturated carbocycles. The highest BCUT2D eigenvalue weighted by Gasteiger charge is 2.14. The van der Waals surface area contributed by atoms with E-state index in [1.807, 2.05) is 48.3 Å². The topological polar surface area (TPSA) is 55.8 Å². The summed E-state index contributed by atoms with van der Waals surface area (Å²) in [5.74, 6) is 0.132. The number of benzene rings is 3. The Hall–Kier alpha value is -3.39. The van der Waals surface area contributed by atoms with E-state index in [0.29, 0.717) is 12.1 Å². The molecule has 206 valence electrons. The van der Waals surface area contributed by atoms with Gasteiger partial charge >= 0.3 is 0 Å². The fourth-order valence-corrected chi connectivity index (χ4v) is 6.71. The van der Waals surface area contributed by atoms with Crippen LogP contribution in [0, 0.1) is 0 Å². The number of nitrogens with one attached hydrogen (secondary N) is 1. The molecule has 1 amide bonds. The van der Waals surface area contributed by atoms with Gasteiger partial charge in [0.05, 0.1) is 0 Å². The number of carbonyl (C=O) groups excluding carboxylic acids is 1. The molecular formula is C33H35N3O2S2. The number of hydrogen-bond donors (Lipinski definition) is 2. The van der Waals surface area contributed by atoms with Crippen LogP contribution in [-0.2, 0) is 0 Å². The van der Waals surface area contributed by atoms with Gasteiger partial charge in [-0.3, -0.25) is 4.79 Å². The molecule has 0 radical (unpaired) electrons. The van der Waals surface area contributed by atoms with Crippen molar-refractivity contribution in [3.05, 3.63) is 114 Å². The molecule has 1 saturated heterocycles. The second-order valence-electron chi connectivity index (χ2n) is 9.96. The summed E-state index contributed by atoms with van der Waals surface area (Å²) in [6.45, 7) is 2.78. The summed E-state index contributed by atoms with van der Waals surface area (Å²) in [6.07, 6.45) is 13.2. The van der Waals surface area contributed by atoms with Crippen LogP contribution < -0.4 is 5.32 Å². The van der Waals surface area contributed by atoms with Crippen molar-refractivity contribution in [1.29, 1.82) is 0 Å². The van der Waals surface area contributed by atoms with E-state index in [-0.39, 0.29) is 11.7 Å². The Kier molecular flexibility index (Phi) is 9.71. The van der Waals surface area contributed by atoms with E-state index < -0.39 is 0 Å². The van der Waals surface area contributed by atoms with Crippen LogP contribution in [0.1, 0.15) is 36.0 Å². The Morgan fingerprint density at radius 2 is 1.65 bits per heavy atom. The lowest BCUT2D eigenvalue weighted by Gasteiger charge is -2.25. The fourth-order valence-electron chi connectivity index (χ4n) is 4.69. The molecule has 0 bridgehead atoms. The number of allylic oxidation sites excluding steroid dienone is 3. The molecule has 2 N–H and O–H groups in total. The highest BCUT2D eigenvalue weighted by Crippen LogP contribution is 2.33. The van der Waals surface area contributed by atoms with Gasteiger partial charge in [-0.1, -0.05) is 55.0 Å². The largest absolute Gasteiger partial charge is 0.508 e. The zero-order chi connectivity index (χ0) is 27.7. The predicted octanol–water partition coefficient (Wildman–Crippen LogP) is 7.69. The Bertz CT molecular complexity index is 1390. The van der Waals surface area contributed by atoms with E-state index in [0.717, 1.165) is 36.2 Å². The molecule has 3 aromatic carbocycles. The summed E-state index contributed by atoms with van der Waals surface area (Å²) in [6, 6.07) is 23.4. The first-order valence-electron chi connectivity index (χ1n) is 13.7. The monoisotopic (exact) mass is 569 g/mol. The number of nitrogens with zero attached hydrogens (tertiary/aromatic N) is 2. The molecule has 0 spiro atoms. The first-order valence-corrected chi connectivity index (χ1v) is 15.3. The summed E-state index contributed by atoms with van der Waals surface area (Å²) in [5.41, 5.74) is 4.85. The van der Waals surface area contributed by atoms with Crippen molar-refractivity contribution < 1.29 is 9.90 Å². The van der Waals surface area contributed by atoms with Gasteiger partial charge in [-0.15, -0.1) is 0 Å². The molecule has 1 fully saturated rings. The van der Waals surface area contributed by atoms with Gasteiger partial charge in [0.15, 0.2) is 0 Å². The number of carbonyl (C=O) groups is 1. The quantitative estimate of drug-likeness (QED) is 0.258. The Morgan fingerprint density at radius 3 is 2.40 bits per heavy atom. The predicted molar refractivity (Wildman–Crippen MR) is 167 cm³/mol. The number of amides is 1. The van der Waals surface area contributed by atoms with Crippen LogP contribution in [-0.4, -0.2) is 46.3 Å². The number of rotatable bonds is 9. The van der Waals surface area contributed by atoms with Gasteiger partial charge in [0, 0.05) is 54.2 Å². The second kappa shape index (κ2) is 13.8. The molecule has 2 aliphatic rings. The van der Waals surface area contributed by atoms with Gasteiger partial charge < -0.3 is 14.7 Å². The molecule has 1 heterocycles. The van der Waals surface area contributed by atoms with Crippen molar-refractivity contribution in [2.45, 2.75) is 35.5 Å². The lowest BCUT2D eigenvalue weighted by Crippen LogP contribution is -2.25. The van der Waals surface area contributed by atoms with Gasteiger partial charge in [0.2, 0.25) is 0 Å². The molecule has 5 nitrogen and oxygen atoms in total. The van der Waals surface area contributed by atoms with E-state index in [1.165, 1.54) is 34.8 Å². The van der Waals surface area contributed by atoms with Crippen LogP contribution in [0.5, 0.6) is 5.75 Å². The van der Waals surface area contributed by atoms with Crippen LogP contribution in [0.4, 0.5) is 0 Å². The maximum atomic E-state index is 12.9. The maximum Gasteiger partial charge on any atom is 0.251 e. The third-order valence-electron chi connectivity index (χ3n) is 6.93. The number of piperidine rings is 1. The van der Waals surface area contributed by atoms with Crippen LogP contribution in [0.25, 0.3) is 11.1 Å². The van der Waals surface area contributed by atoms with Crippen molar-refractivity contribution in [3.63, 3.8) is 0 Å². The molecule has 0 atom stereocenters. The van der Waals surface area contributed by atoms with Gasteiger partial charge in [0.25, 0.3) is 5.91 Å². The smallest absolute Gasteiger partial charge is 0.251 e. The first kappa shape index (κ1) is 28.1. The standard InChI is InChI=1S/C33H35N3O2S2/c1-35(39-31-10-7-11-32(23-31)40-36-20-5-2-6-21-36)29-9-4-3-8-25(22-29)24-34-33(38)28-14-12-26(13-15-28)27-16-18-30(37)19-17-27/h3-4,7-8,10-19,22-23,37H,2,5-6,9,20-21,24H2,1H3,(H,34,38). The summed E-state index contributed by atoms with van der Waals surface area (Å²) < 4.78 is 4.70. The van der Waals surface area contributed by atoms with Crippen molar-refractivity contribution in [2.24, 2.45) is 0 Å². The van der Waals surface area contributed by atoms with Crippen LogP contribution in [0.2, 0.25) is 0 Å². The molecule has 1 aliphatic carbocycles. The first-order chi connectivity index (χ1) is 19.5. The minimum absolute atomic E-state index is 0.105. The normalized spacial score (nSPS) is 15.6. The van der Waals surface area contributed by atoms with Crippen LogP contribution in [0.3, 0.4) is 0 Å². The van der Waals surface area contributed by atoms with Gasteiger partial charge in [-0.2, -0.15) is 0 Å². The number of hydrogen-bond acceptors (Lipinski definition) is 6. The zero-order valence-corrected chi connectivity index (χ0v) is 24.4. The minimum atomic E-state index is -0.105. The highest BCUT2D eigenvalue weighted by molar-refractivity contribution is 7.97. The van der Waals surface area contributed by atoms with E-state index in [2.05, 4.69) is 69.5 Å². The zero-order valence-electron chi connectivity index (χ0n) is 22.8. The lowest BCUT2D eigenvalue weighted by molar-refractivity contribution is 0.0957. The molecule has 0 unspecified atom stereocenters. The molecule has 7 heteroatoms. The number of phenolic OH excluding ortho intramolecular Hbond substituents is 1. The Balaban J connectivity index is 1.17. The van der Waals surface area contributed by atoms with Gasteiger partial charge in [0.1, 0.15) is 5.75 Å². The van der Waals surface area contributed by atoms with E-state index in [1.54, 1.807) is 24.1 Å². The van der Waals surface area contributed by atoms with Gasteiger partial charge in [-0.05, 0) is 102 Å². The van der Waals surface area contributed by atoms with E-state index >= 15 is 0 Å². The molecule has 40 heavy (non-hydrogen) atoms. The van der Waals surface area contributed by atoms with Crippen molar-refractivity contribution >= 4 is 29.8 Å². The van der Waals surface area contributed by atoms with Crippen molar-refractivity contribution in [1.82, 2.24) is 13.9 Å². The SMILES string of the molecule is CN(Sc1cccc(SN2CCCCC2)c1)C1=CC(CNC(=O)c2ccc(-c3ccc(O)cc3)cc2)=CC=CC1. The minimum Gasteiger partial charge on any atom is -0.508 e.